The molecule has 3 rings (SSSR count). The second-order valence-corrected chi connectivity index (χ2v) is 6.77. The van der Waals surface area contributed by atoms with Gasteiger partial charge in [0, 0.05) is 50.7 Å². The lowest BCUT2D eigenvalue weighted by Crippen LogP contribution is -2.54. The highest BCUT2D eigenvalue weighted by Crippen LogP contribution is 2.16. The third-order valence-corrected chi connectivity index (χ3v) is 4.79. The Labute approximate surface area is 138 Å². The summed E-state index contributed by atoms with van der Waals surface area (Å²) >= 11 is 0. The lowest BCUT2D eigenvalue weighted by Gasteiger charge is -2.41. The molecule has 1 saturated heterocycles. The Kier molecular flexibility index (Phi) is 4.99. The van der Waals surface area contributed by atoms with E-state index in [0.29, 0.717) is 6.04 Å². The molecule has 2 aromatic rings. The number of hydrogen-bond donors (Lipinski definition) is 1. The van der Waals surface area contributed by atoms with Crippen LogP contribution < -0.4 is 0 Å². The summed E-state index contributed by atoms with van der Waals surface area (Å²) in [5.41, 5.74) is 3.38. The molecule has 0 unspecified atom stereocenters. The molecule has 0 aliphatic carbocycles. The molecule has 0 saturated carbocycles. The monoisotopic (exact) mass is 316 g/mol. The van der Waals surface area contributed by atoms with Gasteiger partial charge in [0.05, 0.1) is 11.8 Å². The van der Waals surface area contributed by atoms with Crippen LogP contribution in [0.25, 0.3) is 5.65 Å². The van der Waals surface area contributed by atoms with Crippen LogP contribution in [0.1, 0.15) is 31.7 Å². The van der Waals surface area contributed by atoms with Crippen molar-refractivity contribution in [3.63, 3.8) is 0 Å². The van der Waals surface area contributed by atoms with E-state index in [-0.39, 0.29) is 6.10 Å². The van der Waals surface area contributed by atoms with Crippen LogP contribution in [0.3, 0.4) is 0 Å². The van der Waals surface area contributed by atoms with Crippen molar-refractivity contribution in [2.24, 2.45) is 0 Å². The van der Waals surface area contributed by atoms with Gasteiger partial charge in [0.2, 0.25) is 0 Å². The van der Waals surface area contributed by atoms with Gasteiger partial charge in [0.15, 0.2) is 0 Å². The molecule has 0 radical (unpaired) electrons. The van der Waals surface area contributed by atoms with Crippen molar-refractivity contribution in [2.45, 2.75) is 45.9 Å². The molecular weight excluding hydrogens is 288 g/mol. The first kappa shape index (κ1) is 16.4. The first-order valence-corrected chi connectivity index (χ1v) is 8.65. The van der Waals surface area contributed by atoms with E-state index < -0.39 is 0 Å². The molecule has 2 aromatic heterocycles. The predicted octanol–water partition coefficient (Wildman–Crippen LogP) is 1.92. The van der Waals surface area contributed by atoms with Crippen LogP contribution in [-0.4, -0.2) is 62.6 Å². The summed E-state index contributed by atoms with van der Waals surface area (Å²) in [4.78, 5) is 9.67. The maximum absolute atomic E-state index is 9.66. The van der Waals surface area contributed by atoms with Gasteiger partial charge in [-0.3, -0.25) is 9.80 Å². The smallest absolute Gasteiger partial charge is 0.137 e. The number of hydrogen-bond acceptors (Lipinski definition) is 4. The van der Waals surface area contributed by atoms with Gasteiger partial charge in [-0.1, -0.05) is 13.0 Å². The minimum Gasteiger partial charge on any atom is -0.392 e. The number of aliphatic hydroxyl groups is 1. The summed E-state index contributed by atoms with van der Waals surface area (Å²) in [7, 11) is 0. The Morgan fingerprint density at radius 2 is 2.17 bits per heavy atom. The highest BCUT2D eigenvalue weighted by molar-refractivity contribution is 5.41. The Morgan fingerprint density at radius 3 is 2.87 bits per heavy atom. The molecule has 1 fully saturated rings. The maximum atomic E-state index is 9.66. The highest BCUT2D eigenvalue weighted by atomic mass is 16.3. The minimum absolute atomic E-state index is 0.253. The number of fused-ring (bicyclic) bond motifs is 1. The SMILES string of the molecule is CC[C@H]1CN(Cc2cn3c(C)cccc3n2)CCN1C[C@@H](C)O. The van der Waals surface area contributed by atoms with Crippen molar-refractivity contribution in [1.82, 2.24) is 19.2 Å². The van der Waals surface area contributed by atoms with E-state index in [4.69, 9.17) is 4.98 Å². The average molecular weight is 316 g/mol. The Balaban J connectivity index is 1.67. The zero-order valence-electron chi connectivity index (χ0n) is 14.4. The van der Waals surface area contributed by atoms with Gasteiger partial charge in [-0.2, -0.15) is 0 Å². The number of aliphatic hydroxyl groups excluding tert-OH is 1. The van der Waals surface area contributed by atoms with Gasteiger partial charge in [-0.25, -0.2) is 4.98 Å². The zero-order valence-corrected chi connectivity index (χ0v) is 14.4. The van der Waals surface area contributed by atoms with Gasteiger partial charge < -0.3 is 9.51 Å². The van der Waals surface area contributed by atoms with E-state index in [1.807, 2.05) is 6.92 Å². The largest absolute Gasteiger partial charge is 0.392 e. The molecule has 1 aliphatic heterocycles. The molecule has 0 spiro atoms. The number of imidazole rings is 1. The molecule has 1 aliphatic rings. The summed E-state index contributed by atoms with van der Waals surface area (Å²) < 4.78 is 2.16. The van der Waals surface area contributed by atoms with Crippen LogP contribution >= 0.6 is 0 Å². The van der Waals surface area contributed by atoms with Gasteiger partial charge >= 0.3 is 0 Å². The summed E-state index contributed by atoms with van der Waals surface area (Å²) in [6.07, 6.45) is 3.03. The number of aromatic nitrogens is 2. The summed E-state index contributed by atoms with van der Waals surface area (Å²) in [6, 6.07) is 6.76. The molecule has 0 aromatic carbocycles. The van der Waals surface area contributed by atoms with Crippen molar-refractivity contribution >= 4 is 5.65 Å². The van der Waals surface area contributed by atoms with E-state index in [0.717, 1.165) is 50.5 Å². The van der Waals surface area contributed by atoms with E-state index in [2.05, 4.69) is 52.4 Å². The standard InChI is InChI=1S/C18H28N4O/c1-4-17-13-20(8-9-21(17)10-15(3)23)11-16-12-22-14(2)6-5-7-18(22)19-16/h5-7,12,15,17,23H,4,8-11,13H2,1-3H3/t15-,17+/m1/s1. The topological polar surface area (TPSA) is 44.0 Å². The molecule has 23 heavy (non-hydrogen) atoms. The van der Waals surface area contributed by atoms with Gasteiger partial charge in [-0.15, -0.1) is 0 Å². The molecule has 1 N–H and O–H groups in total. The summed E-state index contributed by atoms with van der Waals surface area (Å²) in [5.74, 6) is 0. The van der Waals surface area contributed by atoms with Crippen LogP contribution in [0.5, 0.6) is 0 Å². The van der Waals surface area contributed by atoms with Gasteiger partial charge in [0.1, 0.15) is 5.65 Å². The van der Waals surface area contributed by atoms with Crippen LogP contribution in [-0.2, 0) is 6.54 Å². The first-order valence-electron chi connectivity index (χ1n) is 8.65. The third kappa shape index (κ3) is 3.74. The number of aryl methyl sites for hydroxylation is 1. The van der Waals surface area contributed by atoms with E-state index in [9.17, 15) is 5.11 Å². The fourth-order valence-corrected chi connectivity index (χ4v) is 3.57. The van der Waals surface area contributed by atoms with Gasteiger partial charge in [0.25, 0.3) is 0 Å². The molecule has 3 heterocycles. The van der Waals surface area contributed by atoms with Crippen LogP contribution in [0.2, 0.25) is 0 Å². The van der Waals surface area contributed by atoms with Crippen molar-refractivity contribution in [2.75, 3.05) is 26.2 Å². The molecular formula is C18H28N4O. The Morgan fingerprint density at radius 1 is 1.35 bits per heavy atom. The maximum Gasteiger partial charge on any atom is 0.137 e. The van der Waals surface area contributed by atoms with Crippen LogP contribution in [0.15, 0.2) is 24.4 Å². The van der Waals surface area contributed by atoms with Crippen LogP contribution in [0.4, 0.5) is 0 Å². The van der Waals surface area contributed by atoms with Crippen molar-refractivity contribution in [3.05, 3.63) is 35.8 Å². The van der Waals surface area contributed by atoms with E-state index in [1.54, 1.807) is 0 Å². The van der Waals surface area contributed by atoms with E-state index >= 15 is 0 Å². The fourth-order valence-electron chi connectivity index (χ4n) is 3.57. The summed E-state index contributed by atoms with van der Waals surface area (Å²) in [5, 5.41) is 9.66. The zero-order chi connectivity index (χ0) is 16.4. The summed E-state index contributed by atoms with van der Waals surface area (Å²) in [6.45, 7) is 11.0. The second-order valence-electron chi connectivity index (χ2n) is 6.77. The second kappa shape index (κ2) is 6.99. The molecule has 0 bridgehead atoms. The lowest BCUT2D eigenvalue weighted by atomic mass is 10.1. The number of β-amino-alcohol motifs (C(OH)–C–C–N with tert-alkyl or cyclic N) is 1. The quantitative estimate of drug-likeness (QED) is 0.915. The molecule has 0 amide bonds. The Bertz CT molecular complexity index is 652. The van der Waals surface area contributed by atoms with Crippen LogP contribution in [0, 0.1) is 6.92 Å². The highest BCUT2D eigenvalue weighted by Gasteiger charge is 2.26. The normalized spacial score (nSPS) is 21.8. The molecule has 126 valence electrons. The molecule has 5 heteroatoms. The average Bonchev–Trinajstić information content (AvgIpc) is 2.92. The van der Waals surface area contributed by atoms with E-state index in [1.165, 1.54) is 5.69 Å². The predicted molar refractivity (Wildman–Crippen MR) is 92.5 cm³/mol. The number of rotatable bonds is 5. The van der Waals surface area contributed by atoms with Crippen molar-refractivity contribution in [1.29, 1.82) is 0 Å². The van der Waals surface area contributed by atoms with Gasteiger partial charge in [-0.05, 0) is 32.4 Å². The minimum atomic E-state index is -0.253. The first-order chi connectivity index (χ1) is 11.1. The Hall–Kier alpha value is -1.43. The van der Waals surface area contributed by atoms with Crippen molar-refractivity contribution in [3.8, 4) is 0 Å². The number of pyridine rings is 1. The molecule has 2 atom stereocenters. The number of piperazine rings is 1. The number of nitrogens with zero attached hydrogens (tertiary/aromatic N) is 4. The third-order valence-electron chi connectivity index (χ3n) is 4.79. The fraction of sp³-hybridized carbons (Fsp3) is 0.611. The lowest BCUT2D eigenvalue weighted by molar-refractivity contribution is 0.0334. The molecule has 5 nitrogen and oxygen atoms in total. The van der Waals surface area contributed by atoms with Crippen molar-refractivity contribution < 1.29 is 5.11 Å².